The van der Waals surface area contributed by atoms with Gasteiger partial charge in [0.1, 0.15) is 5.75 Å². The first-order valence-corrected chi connectivity index (χ1v) is 9.87. The fourth-order valence-corrected chi connectivity index (χ4v) is 3.94. The molecule has 0 spiro atoms. The second-order valence-corrected chi connectivity index (χ2v) is 7.10. The van der Waals surface area contributed by atoms with Crippen LogP contribution in [0.1, 0.15) is 18.9 Å². The van der Waals surface area contributed by atoms with Gasteiger partial charge in [-0.1, -0.05) is 41.7 Å². The van der Waals surface area contributed by atoms with Gasteiger partial charge in [0.2, 0.25) is 0 Å². The number of hydrogen-bond donors (Lipinski definition) is 0. The minimum Gasteiger partial charge on any atom is -0.497 e. The van der Waals surface area contributed by atoms with E-state index in [2.05, 4.69) is 4.99 Å². The maximum atomic E-state index is 12.5. The van der Waals surface area contributed by atoms with E-state index in [1.54, 1.807) is 14.0 Å². The zero-order valence-electron chi connectivity index (χ0n) is 15.9. The molecule has 7 heteroatoms. The number of thiazole rings is 1. The molecule has 0 unspecified atom stereocenters. The first-order chi connectivity index (χ1) is 13.6. The lowest BCUT2D eigenvalue weighted by Crippen LogP contribution is -2.20. The predicted molar refractivity (Wildman–Crippen MR) is 108 cm³/mol. The number of fused-ring (bicyclic) bond motifs is 1. The van der Waals surface area contributed by atoms with Crippen LogP contribution in [0.5, 0.6) is 5.75 Å². The molecular weight excluding hydrogens is 376 g/mol. The average Bonchev–Trinajstić information content (AvgIpc) is 3.03. The molecular formula is C21H22N2O4S. The van der Waals surface area contributed by atoms with Crippen molar-refractivity contribution in [2.75, 3.05) is 13.7 Å². The highest BCUT2D eigenvalue weighted by Gasteiger charge is 2.11. The lowest BCUT2D eigenvalue weighted by Gasteiger charge is -2.06. The van der Waals surface area contributed by atoms with Gasteiger partial charge in [-0.15, -0.1) is 0 Å². The Hall–Kier alpha value is -2.93. The Labute approximate surface area is 167 Å². The molecule has 0 radical (unpaired) electrons. The number of ether oxygens (including phenoxy) is 2. The second kappa shape index (κ2) is 9.32. The molecule has 0 atom stereocenters. The fourth-order valence-electron chi connectivity index (χ4n) is 2.83. The van der Waals surface area contributed by atoms with Gasteiger partial charge in [-0.2, -0.15) is 4.99 Å². The monoisotopic (exact) mass is 398 g/mol. The van der Waals surface area contributed by atoms with E-state index in [4.69, 9.17) is 9.47 Å². The summed E-state index contributed by atoms with van der Waals surface area (Å²) >= 11 is 1.40. The van der Waals surface area contributed by atoms with Crippen molar-refractivity contribution in [1.82, 2.24) is 4.57 Å². The number of aryl methyl sites for hydroxylation is 1. The summed E-state index contributed by atoms with van der Waals surface area (Å²) in [4.78, 5) is 29.2. The van der Waals surface area contributed by atoms with Crippen LogP contribution in [0.15, 0.2) is 53.5 Å². The molecule has 0 fully saturated rings. The Kier molecular flexibility index (Phi) is 6.60. The van der Waals surface area contributed by atoms with Crippen LogP contribution in [0.25, 0.3) is 10.2 Å². The average molecular weight is 398 g/mol. The van der Waals surface area contributed by atoms with E-state index in [0.717, 1.165) is 21.5 Å². The Morgan fingerprint density at radius 1 is 1.14 bits per heavy atom. The maximum Gasteiger partial charge on any atom is 0.307 e. The first-order valence-electron chi connectivity index (χ1n) is 9.05. The zero-order chi connectivity index (χ0) is 19.9. The lowest BCUT2D eigenvalue weighted by molar-refractivity contribution is -0.143. The van der Waals surface area contributed by atoms with Crippen LogP contribution >= 0.6 is 11.3 Å². The van der Waals surface area contributed by atoms with Crippen molar-refractivity contribution in [2.45, 2.75) is 26.3 Å². The summed E-state index contributed by atoms with van der Waals surface area (Å²) in [6, 6.07) is 15.2. The van der Waals surface area contributed by atoms with Crippen LogP contribution in [0, 0.1) is 0 Å². The zero-order valence-corrected chi connectivity index (χ0v) is 16.7. The number of hydrogen-bond acceptors (Lipinski definition) is 5. The van der Waals surface area contributed by atoms with E-state index in [9.17, 15) is 9.59 Å². The largest absolute Gasteiger partial charge is 0.497 e. The first kappa shape index (κ1) is 19.8. The van der Waals surface area contributed by atoms with Gasteiger partial charge in [0.25, 0.3) is 5.91 Å². The number of rotatable bonds is 7. The van der Waals surface area contributed by atoms with E-state index >= 15 is 0 Å². The molecule has 2 aromatic carbocycles. The molecule has 0 aliphatic rings. The van der Waals surface area contributed by atoms with Crippen molar-refractivity contribution in [3.8, 4) is 5.75 Å². The fraction of sp³-hybridized carbons (Fsp3) is 0.286. The van der Waals surface area contributed by atoms with Crippen LogP contribution in [-0.4, -0.2) is 30.2 Å². The summed E-state index contributed by atoms with van der Waals surface area (Å²) in [6.45, 7) is 2.51. The van der Waals surface area contributed by atoms with Crippen LogP contribution < -0.4 is 9.54 Å². The number of benzene rings is 2. The Morgan fingerprint density at radius 2 is 1.93 bits per heavy atom. The van der Waals surface area contributed by atoms with Gasteiger partial charge in [0.15, 0.2) is 4.80 Å². The van der Waals surface area contributed by atoms with Gasteiger partial charge in [-0.25, -0.2) is 0 Å². The highest BCUT2D eigenvalue weighted by molar-refractivity contribution is 7.16. The van der Waals surface area contributed by atoms with Gasteiger partial charge in [0.05, 0.1) is 36.8 Å². The molecule has 3 aromatic rings. The molecule has 1 heterocycles. The molecule has 0 saturated heterocycles. The normalized spacial score (nSPS) is 11.6. The second-order valence-electron chi connectivity index (χ2n) is 6.09. The lowest BCUT2D eigenvalue weighted by atomic mass is 10.1. The number of carbonyl (C=O) groups excluding carboxylic acids is 2. The molecule has 0 aliphatic carbocycles. The highest BCUT2D eigenvalue weighted by atomic mass is 32.1. The summed E-state index contributed by atoms with van der Waals surface area (Å²) in [5.41, 5.74) is 1.82. The van der Waals surface area contributed by atoms with Crippen molar-refractivity contribution in [3.05, 3.63) is 58.9 Å². The summed E-state index contributed by atoms with van der Waals surface area (Å²) in [7, 11) is 1.61. The molecule has 0 aliphatic heterocycles. The predicted octanol–water partition coefficient (Wildman–Crippen LogP) is 3.33. The van der Waals surface area contributed by atoms with Crippen LogP contribution in [0.3, 0.4) is 0 Å². The van der Waals surface area contributed by atoms with E-state index in [0.29, 0.717) is 18.0 Å². The standard InChI is InChI=1S/C21H22N2O4S/c1-3-27-20(25)11-12-23-17-10-9-16(26-2)14-18(17)28-21(23)22-19(24)13-15-7-5-4-6-8-15/h4-10,14H,3,11-13H2,1-2H3. The quantitative estimate of drug-likeness (QED) is 0.573. The number of esters is 1. The third kappa shape index (κ3) is 4.86. The number of aromatic nitrogens is 1. The third-order valence-electron chi connectivity index (χ3n) is 4.15. The Morgan fingerprint density at radius 3 is 2.64 bits per heavy atom. The Balaban J connectivity index is 1.95. The number of carbonyl (C=O) groups is 2. The SMILES string of the molecule is CCOC(=O)CCn1c(=NC(=O)Cc2ccccc2)sc2cc(OC)ccc21. The van der Waals surface area contributed by atoms with Crippen LogP contribution in [0.2, 0.25) is 0 Å². The van der Waals surface area contributed by atoms with Gasteiger partial charge in [-0.3, -0.25) is 9.59 Å². The van der Waals surface area contributed by atoms with Gasteiger partial charge in [0, 0.05) is 6.54 Å². The molecule has 6 nitrogen and oxygen atoms in total. The summed E-state index contributed by atoms with van der Waals surface area (Å²) < 4.78 is 13.1. The van der Waals surface area contributed by atoms with Gasteiger partial charge < -0.3 is 14.0 Å². The summed E-state index contributed by atoms with van der Waals surface area (Å²) in [5, 5.41) is 0. The molecule has 1 aromatic heterocycles. The number of methoxy groups -OCH3 is 1. The molecule has 0 N–H and O–H groups in total. The van der Waals surface area contributed by atoms with E-state index in [1.165, 1.54) is 11.3 Å². The van der Waals surface area contributed by atoms with Crippen molar-refractivity contribution < 1.29 is 19.1 Å². The van der Waals surface area contributed by atoms with E-state index < -0.39 is 0 Å². The molecule has 1 amide bonds. The van der Waals surface area contributed by atoms with E-state index in [1.807, 2.05) is 53.1 Å². The van der Waals surface area contributed by atoms with Crippen molar-refractivity contribution in [3.63, 3.8) is 0 Å². The van der Waals surface area contributed by atoms with Crippen molar-refractivity contribution >= 4 is 33.4 Å². The van der Waals surface area contributed by atoms with Crippen LogP contribution in [-0.2, 0) is 27.3 Å². The number of amides is 1. The topological polar surface area (TPSA) is 69.9 Å². The van der Waals surface area contributed by atoms with Gasteiger partial charge in [-0.05, 0) is 30.7 Å². The highest BCUT2D eigenvalue weighted by Crippen LogP contribution is 2.23. The minimum atomic E-state index is -0.274. The summed E-state index contributed by atoms with van der Waals surface area (Å²) in [5.74, 6) is 0.229. The molecule has 28 heavy (non-hydrogen) atoms. The summed E-state index contributed by atoms with van der Waals surface area (Å²) in [6.07, 6.45) is 0.446. The van der Waals surface area contributed by atoms with E-state index in [-0.39, 0.29) is 24.7 Å². The maximum absolute atomic E-state index is 12.5. The smallest absolute Gasteiger partial charge is 0.307 e. The third-order valence-corrected chi connectivity index (χ3v) is 5.19. The molecule has 146 valence electrons. The van der Waals surface area contributed by atoms with Crippen molar-refractivity contribution in [1.29, 1.82) is 0 Å². The van der Waals surface area contributed by atoms with Crippen LogP contribution in [0.4, 0.5) is 0 Å². The Bertz CT molecular complexity index is 1040. The number of nitrogens with zero attached hydrogens (tertiary/aromatic N) is 2. The molecule has 3 rings (SSSR count). The molecule has 0 saturated carbocycles. The minimum absolute atomic E-state index is 0.214. The van der Waals surface area contributed by atoms with Crippen molar-refractivity contribution in [2.24, 2.45) is 4.99 Å². The molecule has 0 bridgehead atoms. The van der Waals surface area contributed by atoms with Gasteiger partial charge >= 0.3 is 5.97 Å².